The minimum Gasteiger partial charge on any atom is -0.478 e. The Kier molecular flexibility index (Phi) is 3.73. The van der Waals surface area contributed by atoms with Gasteiger partial charge in [0.05, 0.1) is 16.1 Å². The van der Waals surface area contributed by atoms with Crippen LogP contribution >= 0.6 is 0 Å². The molecule has 0 aliphatic rings. The molecule has 0 spiro atoms. The van der Waals surface area contributed by atoms with Crippen LogP contribution in [0.15, 0.2) is 64.4 Å². The number of nitrogens with two attached hydrogens (primary N) is 1. The van der Waals surface area contributed by atoms with Crippen molar-refractivity contribution >= 4 is 32.3 Å². The van der Waals surface area contributed by atoms with Gasteiger partial charge >= 0.3 is 5.97 Å². The highest BCUT2D eigenvalue weighted by Gasteiger charge is 2.29. The Hall–Kier alpha value is -2.93. The van der Waals surface area contributed by atoms with Gasteiger partial charge in [-0.1, -0.05) is 24.3 Å². The summed E-state index contributed by atoms with van der Waals surface area (Å²) in [6.07, 6.45) is 0. The maximum Gasteiger partial charge on any atom is 0.337 e. The third-order valence-corrected chi connectivity index (χ3v) is 5.51. The van der Waals surface area contributed by atoms with E-state index in [9.17, 15) is 22.7 Å². The number of halogens is 1. The predicted molar refractivity (Wildman–Crippen MR) is 87.2 cm³/mol. The molecule has 3 N–H and O–H groups in total. The molecule has 7 heteroatoms. The van der Waals surface area contributed by atoms with Crippen molar-refractivity contribution in [2.24, 2.45) is 0 Å². The van der Waals surface area contributed by atoms with Crippen LogP contribution in [0.25, 0.3) is 10.8 Å². The topological polar surface area (TPSA) is 97.5 Å². The second-order valence-electron chi connectivity index (χ2n) is 5.15. The maximum atomic E-state index is 13.1. The van der Waals surface area contributed by atoms with E-state index in [1.165, 1.54) is 12.1 Å². The molecule has 0 atom stereocenters. The molecule has 0 aliphatic carbocycles. The van der Waals surface area contributed by atoms with E-state index in [1.54, 1.807) is 18.2 Å². The Bertz CT molecular complexity index is 1060. The summed E-state index contributed by atoms with van der Waals surface area (Å²) in [4.78, 5) is 11.0. The molecule has 0 heterocycles. The van der Waals surface area contributed by atoms with E-state index in [0.717, 1.165) is 24.3 Å². The van der Waals surface area contributed by atoms with Gasteiger partial charge in [-0.05, 0) is 41.1 Å². The van der Waals surface area contributed by atoms with Gasteiger partial charge in [-0.2, -0.15) is 0 Å². The van der Waals surface area contributed by atoms with Crippen LogP contribution in [-0.2, 0) is 9.84 Å². The van der Waals surface area contributed by atoms with Crippen LogP contribution in [0.3, 0.4) is 0 Å². The standard InChI is InChI=1S/C17H12FNO4S/c18-11-5-7-12(8-6-11)24(22,23)16-14(19)9-10-3-1-2-4-13(10)15(16)17(20)21/h1-9H,19H2,(H,20,21). The van der Waals surface area contributed by atoms with E-state index in [4.69, 9.17) is 5.73 Å². The fourth-order valence-corrected chi connectivity index (χ4v) is 4.15. The van der Waals surface area contributed by atoms with Crippen LogP contribution in [0.5, 0.6) is 0 Å². The minimum absolute atomic E-state index is 0.171. The van der Waals surface area contributed by atoms with Crippen molar-refractivity contribution in [3.63, 3.8) is 0 Å². The van der Waals surface area contributed by atoms with Crippen LogP contribution in [0, 0.1) is 5.82 Å². The number of carboxylic acids is 1. The number of benzene rings is 3. The number of aromatic carboxylic acids is 1. The van der Waals surface area contributed by atoms with Crippen molar-refractivity contribution in [1.82, 2.24) is 0 Å². The van der Waals surface area contributed by atoms with Crippen LogP contribution in [0.1, 0.15) is 10.4 Å². The van der Waals surface area contributed by atoms with Crippen molar-refractivity contribution in [2.75, 3.05) is 5.73 Å². The van der Waals surface area contributed by atoms with E-state index in [1.807, 2.05) is 0 Å². The molecule has 0 unspecified atom stereocenters. The van der Waals surface area contributed by atoms with Gasteiger partial charge in [0.2, 0.25) is 9.84 Å². The molecule has 0 aromatic heterocycles. The van der Waals surface area contributed by atoms with Crippen molar-refractivity contribution in [3.05, 3.63) is 66.0 Å². The summed E-state index contributed by atoms with van der Waals surface area (Å²) in [6, 6.07) is 12.0. The van der Waals surface area contributed by atoms with Crippen molar-refractivity contribution < 1.29 is 22.7 Å². The van der Waals surface area contributed by atoms with Crippen molar-refractivity contribution in [2.45, 2.75) is 9.79 Å². The number of sulfone groups is 1. The molecule has 122 valence electrons. The van der Waals surface area contributed by atoms with Crippen LogP contribution in [0.2, 0.25) is 0 Å². The quantitative estimate of drug-likeness (QED) is 0.561. The van der Waals surface area contributed by atoms with E-state index < -0.39 is 32.1 Å². The molecule has 0 saturated carbocycles. The average Bonchev–Trinajstić information content (AvgIpc) is 2.53. The number of hydrogen-bond donors (Lipinski definition) is 2. The van der Waals surface area contributed by atoms with E-state index in [2.05, 4.69) is 0 Å². The van der Waals surface area contributed by atoms with Gasteiger partial charge < -0.3 is 10.8 Å². The maximum absolute atomic E-state index is 13.1. The molecule has 3 aromatic rings. The zero-order valence-corrected chi connectivity index (χ0v) is 13.0. The first-order valence-electron chi connectivity index (χ1n) is 6.87. The van der Waals surface area contributed by atoms with Crippen LogP contribution in [-0.4, -0.2) is 19.5 Å². The average molecular weight is 345 g/mol. The van der Waals surface area contributed by atoms with Crippen LogP contribution < -0.4 is 5.73 Å². The van der Waals surface area contributed by atoms with Crippen molar-refractivity contribution in [3.8, 4) is 0 Å². The van der Waals surface area contributed by atoms with Crippen LogP contribution in [0.4, 0.5) is 10.1 Å². The molecule has 0 aliphatic heterocycles. The first kappa shape index (κ1) is 15.9. The largest absolute Gasteiger partial charge is 0.478 e. The summed E-state index contributed by atoms with van der Waals surface area (Å²) in [5, 5.41) is 10.3. The summed E-state index contributed by atoms with van der Waals surface area (Å²) < 4.78 is 38.8. The lowest BCUT2D eigenvalue weighted by Gasteiger charge is -2.14. The summed E-state index contributed by atoms with van der Waals surface area (Å²) >= 11 is 0. The summed E-state index contributed by atoms with van der Waals surface area (Å²) in [7, 11) is -4.23. The van der Waals surface area contributed by atoms with E-state index >= 15 is 0 Å². The lowest BCUT2D eigenvalue weighted by atomic mass is 10.0. The highest BCUT2D eigenvalue weighted by Crippen LogP contribution is 2.35. The Morgan fingerprint density at radius 3 is 2.29 bits per heavy atom. The SMILES string of the molecule is Nc1cc2ccccc2c(C(=O)O)c1S(=O)(=O)c1ccc(F)cc1. The van der Waals surface area contributed by atoms with Crippen molar-refractivity contribution in [1.29, 1.82) is 0 Å². The number of rotatable bonds is 3. The number of carbonyl (C=O) groups is 1. The van der Waals surface area contributed by atoms with Gasteiger partial charge in [0.15, 0.2) is 0 Å². The molecule has 0 radical (unpaired) electrons. The minimum atomic E-state index is -4.23. The molecule has 5 nitrogen and oxygen atoms in total. The second-order valence-corrected chi connectivity index (χ2v) is 7.04. The molecule has 3 rings (SSSR count). The number of anilines is 1. The summed E-state index contributed by atoms with van der Waals surface area (Å²) in [5.41, 5.74) is 5.30. The van der Waals surface area contributed by atoms with Gasteiger partial charge in [0, 0.05) is 0 Å². The van der Waals surface area contributed by atoms with Gasteiger partial charge in [-0.3, -0.25) is 0 Å². The van der Waals surface area contributed by atoms with Gasteiger partial charge in [0.25, 0.3) is 0 Å². The molecule has 3 aromatic carbocycles. The normalized spacial score (nSPS) is 11.5. The number of nitrogen functional groups attached to an aromatic ring is 1. The number of carboxylic acid groups (broad SMARTS) is 1. The summed E-state index contributed by atoms with van der Waals surface area (Å²) in [6.45, 7) is 0. The highest BCUT2D eigenvalue weighted by molar-refractivity contribution is 7.91. The lowest BCUT2D eigenvalue weighted by Crippen LogP contribution is -2.13. The zero-order valence-electron chi connectivity index (χ0n) is 12.2. The molecular formula is C17H12FNO4S. The number of hydrogen-bond acceptors (Lipinski definition) is 4. The molecule has 0 amide bonds. The Balaban J connectivity index is 2.41. The third kappa shape index (κ3) is 2.48. The summed E-state index contributed by atoms with van der Waals surface area (Å²) in [5.74, 6) is -2.00. The first-order valence-corrected chi connectivity index (χ1v) is 8.36. The second kappa shape index (κ2) is 5.61. The lowest BCUT2D eigenvalue weighted by molar-refractivity contribution is 0.0695. The predicted octanol–water partition coefficient (Wildman–Crippen LogP) is 3.09. The number of fused-ring (bicyclic) bond motifs is 1. The molecular weight excluding hydrogens is 333 g/mol. The van der Waals surface area contributed by atoms with Gasteiger partial charge in [-0.15, -0.1) is 0 Å². The molecule has 0 saturated heterocycles. The van der Waals surface area contributed by atoms with E-state index in [0.29, 0.717) is 5.39 Å². The molecule has 0 fully saturated rings. The zero-order chi connectivity index (χ0) is 17.5. The third-order valence-electron chi connectivity index (χ3n) is 3.64. The van der Waals surface area contributed by atoms with Gasteiger partial charge in [-0.25, -0.2) is 17.6 Å². The molecule has 0 bridgehead atoms. The smallest absolute Gasteiger partial charge is 0.337 e. The fraction of sp³-hybridized carbons (Fsp3) is 0. The first-order chi connectivity index (χ1) is 11.3. The van der Waals surface area contributed by atoms with E-state index in [-0.39, 0.29) is 16.0 Å². The monoisotopic (exact) mass is 345 g/mol. The molecule has 24 heavy (non-hydrogen) atoms. The Morgan fingerprint density at radius 1 is 1.04 bits per heavy atom. The van der Waals surface area contributed by atoms with Gasteiger partial charge in [0.1, 0.15) is 10.7 Å². The fourth-order valence-electron chi connectivity index (χ4n) is 2.58. The Morgan fingerprint density at radius 2 is 1.67 bits per heavy atom. The Labute approximate surface area is 137 Å². The highest BCUT2D eigenvalue weighted by atomic mass is 32.2.